The van der Waals surface area contributed by atoms with Gasteiger partial charge in [0.05, 0.1) is 6.04 Å². The van der Waals surface area contributed by atoms with Gasteiger partial charge in [0.1, 0.15) is 6.54 Å². The Labute approximate surface area is 155 Å². The van der Waals surface area contributed by atoms with Gasteiger partial charge in [-0.2, -0.15) is 0 Å². The van der Waals surface area contributed by atoms with E-state index in [0.717, 1.165) is 10.9 Å². The second kappa shape index (κ2) is 7.91. The van der Waals surface area contributed by atoms with Crippen molar-refractivity contribution in [2.45, 2.75) is 47.2 Å². The van der Waals surface area contributed by atoms with Crippen LogP contribution in [-0.2, 0) is 16.1 Å². The van der Waals surface area contributed by atoms with E-state index >= 15 is 0 Å². The van der Waals surface area contributed by atoms with Crippen LogP contribution in [0.5, 0.6) is 0 Å². The Bertz CT molecular complexity index is 785. The van der Waals surface area contributed by atoms with Crippen molar-refractivity contribution in [3.8, 4) is 0 Å². The van der Waals surface area contributed by atoms with Gasteiger partial charge in [-0.05, 0) is 43.5 Å². The third-order valence-electron chi connectivity index (χ3n) is 4.68. The summed E-state index contributed by atoms with van der Waals surface area (Å²) in [6, 6.07) is 7.02. The van der Waals surface area contributed by atoms with Crippen LogP contribution in [0.4, 0.5) is 5.69 Å². The lowest BCUT2D eigenvalue weighted by molar-refractivity contribution is -0.131. The molecule has 1 aromatic carbocycles. The summed E-state index contributed by atoms with van der Waals surface area (Å²) in [7, 11) is 0. The summed E-state index contributed by atoms with van der Waals surface area (Å²) in [6.45, 7) is 11.5. The van der Waals surface area contributed by atoms with Gasteiger partial charge in [-0.3, -0.25) is 9.59 Å². The molecule has 0 saturated carbocycles. The van der Waals surface area contributed by atoms with E-state index in [0.29, 0.717) is 25.3 Å². The lowest BCUT2D eigenvalue weighted by atomic mass is 9.87. The van der Waals surface area contributed by atoms with Crippen LogP contribution >= 0.6 is 0 Å². The predicted octanol–water partition coefficient (Wildman–Crippen LogP) is 2.82. The minimum Gasteiger partial charge on any atom is -0.342 e. The van der Waals surface area contributed by atoms with Crippen molar-refractivity contribution in [2.75, 3.05) is 18.4 Å². The van der Waals surface area contributed by atoms with Crippen LogP contribution in [0.15, 0.2) is 30.5 Å². The fraction of sp³-hybridized carbons (Fsp3) is 0.500. The molecule has 0 aliphatic carbocycles. The average Bonchev–Trinajstić information content (AvgIpc) is 2.96. The molecule has 0 unspecified atom stereocenters. The van der Waals surface area contributed by atoms with E-state index in [9.17, 15) is 9.59 Å². The molecule has 0 fully saturated rings. The van der Waals surface area contributed by atoms with Crippen LogP contribution in [0.2, 0.25) is 0 Å². The number of likely N-dealkylation sites (N-methyl/N-ethyl adjacent to an activating group) is 1. The van der Waals surface area contributed by atoms with Crippen LogP contribution in [0.1, 0.15) is 34.6 Å². The molecule has 0 saturated heterocycles. The molecule has 0 radical (unpaired) electrons. The summed E-state index contributed by atoms with van der Waals surface area (Å²) in [5.74, 6) is -0.103. The highest BCUT2D eigenvalue weighted by Crippen LogP contribution is 2.23. The zero-order valence-electron chi connectivity index (χ0n) is 16.4. The van der Waals surface area contributed by atoms with Crippen molar-refractivity contribution in [2.24, 2.45) is 11.1 Å². The smallest absolute Gasteiger partial charge is 0.242 e. The molecule has 0 bridgehead atoms. The van der Waals surface area contributed by atoms with Gasteiger partial charge >= 0.3 is 0 Å². The number of carbonyl (C=O) groups excluding carboxylic acids is 2. The number of hydrogen-bond acceptors (Lipinski definition) is 3. The van der Waals surface area contributed by atoms with Gasteiger partial charge in [-0.15, -0.1) is 0 Å². The minimum atomic E-state index is -0.588. The van der Waals surface area contributed by atoms with Crippen molar-refractivity contribution < 1.29 is 9.59 Å². The molecule has 2 aromatic rings. The molecule has 6 nitrogen and oxygen atoms in total. The number of aromatic nitrogens is 1. The van der Waals surface area contributed by atoms with E-state index in [-0.39, 0.29) is 17.2 Å². The molecule has 3 N–H and O–H groups in total. The molecule has 2 rings (SSSR count). The predicted molar refractivity (Wildman–Crippen MR) is 106 cm³/mol. The maximum Gasteiger partial charge on any atom is 0.242 e. The molecule has 26 heavy (non-hydrogen) atoms. The minimum absolute atomic E-state index is 0.0982. The van der Waals surface area contributed by atoms with Gasteiger partial charge < -0.3 is 20.5 Å². The molecular weight excluding hydrogens is 328 g/mol. The number of carbonyl (C=O) groups is 2. The molecule has 0 spiro atoms. The van der Waals surface area contributed by atoms with Gasteiger partial charge in [0, 0.05) is 35.9 Å². The van der Waals surface area contributed by atoms with Crippen LogP contribution in [0.3, 0.4) is 0 Å². The van der Waals surface area contributed by atoms with Crippen molar-refractivity contribution in [1.82, 2.24) is 9.47 Å². The Morgan fingerprint density at radius 2 is 1.85 bits per heavy atom. The molecular formula is C20H30N4O2. The Kier molecular flexibility index (Phi) is 6.08. The Balaban J connectivity index is 2.16. The lowest BCUT2D eigenvalue weighted by Gasteiger charge is -2.25. The summed E-state index contributed by atoms with van der Waals surface area (Å²) in [5, 5.41) is 3.85. The number of nitrogens with zero attached hydrogens (tertiary/aromatic N) is 2. The molecule has 1 aromatic heterocycles. The molecule has 0 aliphatic heterocycles. The number of nitrogens with one attached hydrogen (secondary N) is 1. The monoisotopic (exact) mass is 358 g/mol. The van der Waals surface area contributed by atoms with Crippen LogP contribution in [-0.4, -0.2) is 40.4 Å². The fourth-order valence-electron chi connectivity index (χ4n) is 2.85. The summed E-state index contributed by atoms with van der Waals surface area (Å²) in [5.41, 5.74) is 7.37. The van der Waals surface area contributed by atoms with Crippen molar-refractivity contribution in [3.63, 3.8) is 0 Å². The summed E-state index contributed by atoms with van der Waals surface area (Å²) in [6.07, 6.45) is 1.90. The Morgan fingerprint density at radius 3 is 2.42 bits per heavy atom. The van der Waals surface area contributed by atoms with E-state index < -0.39 is 6.04 Å². The third kappa shape index (κ3) is 4.43. The number of hydrogen-bond donors (Lipinski definition) is 2. The number of rotatable bonds is 6. The number of fused-ring (bicyclic) bond motifs is 1. The number of anilines is 1. The largest absolute Gasteiger partial charge is 0.342 e. The summed E-state index contributed by atoms with van der Waals surface area (Å²) < 4.78 is 1.93. The average molecular weight is 358 g/mol. The number of amides is 2. The molecule has 2 amide bonds. The first-order chi connectivity index (χ1) is 12.2. The van der Waals surface area contributed by atoms with Crippen molar-refractivity contribution >= 4 is 28.4 Å². The zero-order chi connectivity index (χ0) is 19.5. The second-order valence-electron chi connectivity index (χ2n) is 7.62. The highest BCUT2D eigenvalue weighted by Gasteiger charge is 2.27. The van der Waals surface area contributed by atoms with Crippen LogP contribution in [0.25, 0.3) is 10.9 Å². The third-order valence-corrected chi connectivity index (χ3v) is 4.68. The standard InChI is InChI=1S/C20H30N4O2/c1-6-23(7-2)17(25)13-24-11-10-14-12-15(8-9-16(14)24)22-19(26)18(21)20(3,4)5/h8-12,18H,6-7,13,21H2,1-5H3,(H,22,26)/t18-/m1/s1. The highest BCUT2D eigenvalue weighted by atomic mass is 16.2. The molecule has 1 heterocycles. The van der Waals surface area contributed by atoms with Gasteiger partial charge in [0.25, 0.3) is 0 Å². The maximum atomic E-state index is 12.3. The van der Waals surface area contributed by atoms with E-state index in [4.69, 9.17) is 5.73 Å². The van der Waals surface area contributed by atoms with Crippen LogP contribution < -0.4 is 11.1 Å². The van der Waals surface area contributed by atoms with Gasteiger partial charge in [0.2, 0.25) is 11.8 Å². The summed E-state index contributed by atoms with van der Waals surface area (Å²) >= 11 is 0. The van der Waals surface area contributed by atoms with Crippen molar-refractivity contribution in [1.29, 1.82) is 0 Å². The SMILES string of the molecule is CCN(CC)C(=O)Cn1ccc2cc(NC(=O)[C@@H](N)C(C)(C)C)ccc21. The first kappa shape index (κ1) is 20.0. The second-order valence-corrected chi connectivity index (χ2v) is 7.62. The fourth-order valence-corrected chi connectivity index (χ4v) is 2.85. The van der Waals surface area contributed by atoms with E-state index in [1.807, 2.05) is 74.5 Å². The number of nitrogens with two attached hydrogens (primary N) is 1. The van der Waals surface area contributed by atoms with E-state index in [2.05, 4.69) is 5.32 Å². The molecule has 1 atom stereocenters. The zero-order valence-corrected chi connectivity index (χ0v) is 16.4. The first-order valence-electron chi connectivity index (χ1n) is 9.10. The van der Waals surface area contributed by atoms with Gasteiger partial charge in [0.15, 0.2) is 0 Å². The number of benzene rings is 1. The Hall–Kier alpha value is -2.34. The van der Waals surface area contributed by atoms with Crippen molar-refractivity contribution in [3.05, 3.63) is 30.5 Å². The normalized spacial score (nSPS) is 12.8. The summed E-state index contributed by atoms with van der Waals surface area (Å²) in [4.78, 5) is 26.4. The maximum absolute atomic E-state index is 12.3. The molecule has 6 heteroatoms. The quantitative estimate of drug-likeness (QED) is 0.833. The van der Waals surface area contributed by atoms with E-state index in [1.54, 1.807) is 0 Å². The Morgan fingerprint density at radius 1 is 1.19 bits per heavy atom. The molecule has 142 valence electrons. The topological polar surface area (TPSA) is 80.4 Å². The van der Waals surface area contributed by atoms with E-state index in [1.165, 1.54) is 0 Å². The van der Waals surface area contributed by atoms with Gasteiger partial charge in [-0.1, -0.05) is 20.8 Å². The van der Waals surface area contributed by atoms with Crippen LogP contribution in [0, 0.1) is 5.41 Å². The molecule has 0 aliphatic rings. The first-order valence-corrected chi connectivity index (χ1v) is 9.10. The van der Waals surface area contributed by atoms with Gasteiger partial charge in [-0.25, -0.2) is 0 Å². The lowest BCUT2D eigenvalue weighted by Crippen LogP contribution is -2.45. The highest BCUT2D eigenvalue weighted by molar-refractivity contribution is 5.97.